The minimum atomic E-state index is 0.145. The number of likely N-dealkylation sites (N-methyl/N-ethyl adjacent to an activating group) is 1. The van der Waals surface area contributed by atoms with Crippen LogP contribution in [0.1, 0.15) is 30.5 Å². The lowest BCUT2D eigenvalue weighted by Gasteiger charge is -2.42. The highest BCUT2D eigenvalue weighted by Gasteiger charge is 2.38. The summed E-state index contributed by atoms with van der Waals surface area (Å²) in [5, 5.41) is 12.2. The van der Waals surface area contributed by atoms with Gasteiger partial charge in [-0.15, -0.1) is 5.10 Å². The molecular weight excluding hydrogens is 474 g/mol. The second-order valence-corrected chi connectivity index (χ2v) is 10.1. The Hall–Kier alpha value is -3.36. The van der Waals surface area contributed by atoms with Gasteiger partial charge in [0.05, 0.1) is 5.69 Å². The number of hydrogen-bond donors (Lipinski definition) is 2. The van der Waals surface area contributed by atoms with Crippen LogP contribution in [0.3, 0.4) is 0 Å². The van der Waals surface area contributed by atoms with Crippen LogP contribution in [0.15, 0.2) is 54.6 Å². The molecule has 9 heteroatoms. The van der Waals surface area contributed by atoms with Crippen LogP contribution in [-0.4, -0.2) is 58.3 Å². The van der Waals surface area contributed by atoms with Crippen molar-refractivity contribution in [3.63, 3.8) is 0 Å². The SMILES string of the molecule is Cc1cc(NCC2(c3ccccc3)CCC2)n2nc(Nc3cc(Cl)ccc3OCCN(C)C)nc2n1. The molecule has 1 fully saturated rings. The molecule has 2 aromatic heterocycles. The Kier molecular flexibility index (Phi) is 6.98. The highest BCUT2D eigenvalue weighted by molar-refractivity contribution is 6.31. The fraction of sp³-hybridized carbons (Fsp3) is 0.370. The van der Waals surface area contributed by atoms with Crippen LogP contribution in [-0.2, 0) is 5.41 Å². The van der Waals surface area contributed by atoms with Crippen molar-refractivity contribution in [3.05, 3.63) is 70.9 Å². The predicted molar refractivity (Wildman–Crippen MR) is 145 cm³/mol. The smallest absolute Gasteiger partial charge is 0.256 e. The van der Waals surface area contributed by atoms with Gasteiger partial charge in [-0.25, -0.2) is 4.98 Å². The summed E-state index contributed by atoms with van der Waals surface area (Å²) in [6.45, 7) is 4.16. The van der Waals surface area contributed by atoms with Gasteiger partial charge in [0.1, 0.15) is 18.2 Å². The Balaban J connectivity index is 1.38. The number of nitrogens with zero attached hydrogens (tertiary/aromatic N) is 5. The van der Waals surface area contributed by atoms with E-state index in [1.807, 2.05) is 45.3 Å². The summed E-state index contributed by atoms with van der Waals surface area (Å²) in [4.78, 5) is 11.3. The number of halogens is 1. The van der Waals surface area contributed by atoms with Crippen molar-refractivity contribution in [1.82, 2.24) is 24.5 Å². The number of nitrogens with one attached hydrogen (secondary N) is 2. The summed E-state index contributed by atoms with van der Waals surface area (Å²) in [6.07, 6.45) is 3.59. The van der Waals surface area contributed by atoms with Gasteiger partial charge >= 0.3 is 0 Å². The van der Waals surface area contributed by atoms with Gasteiger partial charge < -0.3 is 20.3 Å². The maximum Gasteiger partial charge on any atom is 0.256 e. The van der Waals surface area contributed by atoms with E-state index in [2.05, 4.69) is 55.8 Å². The highest BCUT2D eigenvalue weighted by Crippen LogP contribution is 2.43. The Morgan fingerprint density at radius 1 is 1.08 bits per heavy atom. The van der Waals surface area contributed by atoms with Crippen LogP contribution in [0, 0.1) is 6.92 Å². The normalized spacial score (nSPS) is 14.6. The molecule has 2 heterocycles. The van der Waals surface area contributed by atoms with E-state index in [1.165, 1.54) is 24.8 Å². The second kappa shape index (κ2) is 10.3. The molecule has 1 saturated carbocycles. The van der Waals surface area contributed by atoms with Crippen LogP contribution in [0.2, 0.25) is 5.02 Å². The Morgan fingerprint density at radius 2 is 1.89 bits per heavy atom. The number of fused-ring (bicyclic) bond motifs is 1. The Morgan fingerprint density at radius 3 is 2.61 bits per heavy atom. The summed E-state index contributed by atoms with van der Waals surface area (Å²) in [5.74, 6) is 2.52. The first-order valence-corrected chi connectivity index (χ1v) is 12.7. The van der Waals surface area contributed by atoms with Gasteiger partial charge in [0.25, 0.3) is 5.78 Å². The summed E-state index contributed by atoms with van der Waals surface area (Å²) >= 11 is 6.27. The zero-order chi connectivity index (χ0) is 25.1. The summed E-state index contributed by atoms with van der Waals surface area (Å²) in [7, 11) is 4.02. The minimum absolute atomic E-state index is 0.145. The molecule has 0 aliphatic heterocycles. The van der Waals surface area contributed by atoms with Gasteiger partial charge in [-0.3, -0.25) is 0 Å². The van der Waals surface area contributed by atoms with Crippen molar-refractivity contribution >= 4 is 34.8 Å². The number of ether oxygens (including phenoxy) is 1. The molecule has 4 aromatic rings. The predicted octanol–water partition coefficient (Wildman–Crippen LogP) is 5.30. The summed E-state index contributed by atoms with van der Waals surface area (Å²) in [6, 6.07) is 18.3. The lowest BCUT2D eigenvalue weighted by molar-refractivity contribution is 0.260. The maximum absolute atomic E-state index is 6.27. The van der Waals surface area contributed by atoms with Gasteiger partial charge in [-0.1, -0.05) is 48.4 Å². The minimum Gasteiger partial charge on any atom is -0.490 e. The molecule has 8 nitrogen and oxygen atoms in total. The molecular formula is C27H32ClN7O. The third kappa shape index (κ3) is 5.24. The fourth-order valence-electron chi connectivity index (χ4n) is 4.57. The number of anilines is 3. The molecule has 0 atom stereocenters. The molecule has 0 spiro atoms. The van der Waals surface area contributed by atoms with E-state index in [0.29, 0.717) is 34.8 Å². The van der Waals surface area contributed by atoms with Gasteiger partial charge in [0.15, 0.2) is 0 Å². The van der Waals surface area contributed by atoms with E-state index < -0.39 is 0 Å². The van der Waals surface area contributed by atoms with Gasteiger partial charge in [0.2, 0.25) is 5.95 Å². The zero-order valence-electron chi connectivity index (χ0n) is 21.0. The third-order valence-electron chi connectivity index (χ3n) is 6.73. The molecule has 0 amide bonds. The van der Waals surface area contributed by atoms with Crippen molar-refractivity contribution in [2.75, 3.05) is 44.4 Å². The van der Waals surface area contributed by atoms with Crippen molar-refractivity contribution in [2.45, 2.75) is 31.6 Å². The molecule has 1 aliphatic carbocycles. The third-order valence-corrected chi connectivity index (χ3v) is 6.96. The van der Waals surface area contributed by atoms with Crippen LogP contribution in [0.4, 0.5) is 17.5 Å². The van der Waals surface area contributed by atoms with E-state index in [9.17, 15) is 0 Å². The molecule has 1 aliphatic rings. The van der Waals surface area contributed by atoms with Gasteiger partial charge in [-0.2, -0.15) is 9.50 Å². The van der Waals surface area contributed by atoms with E-state index in [0.717, 1.165) is 24.6 Å². The summed E-state index contributed by atoms with van der Waals surface area (Å²) in [5.41, 5.74) is 3.11. The number of benzene rings is 2. The van der Waals surface area contributed by atoms with E-state index in [1.54, 1.807) is 4.52 Å². The van der Waals surface area contributed by atoms with Gasteiger partial charge in [0, 0.05) is 35.3 Å². The highest BCUT2D eigenvalue weighted by atomic mass is 35.5. The first kappa shape index (κ1) is 24.3. The van der Waals surface area contributed by atoms with Crippen molar-refractivity contribution in [1.29, 1.82) is 0 Å². The number of aromatic nitrogens is 4. The van der Waals surface area contributed by atoms with E-state index in [-0.39, 0.29) is 5.41 Å². The molecule has 5 rings (SSSR count). The van der Waals surface area contributed by atoms with E-state index in [4.69, 9.17) is 21.4 Å². The van der Waals surface area contributed by atoms with Crippen molar-refractivity contribution in [3.8, 4) is 5.75 Å². The molecule has 2 aromatic carbocycles. The first-order valence-electron chi connectivity index (χ1n) is 12.3. The lowest BCUT2D eigenvalue weighted by atomic mass is 9.64. The first-order chi connectivity index (χ1) is 17.4. The fourth-order valence-corrected chi connectivity index (χ4v) is 4.74. The monoisotopic (exact) mass is 505 g/mol. The second-order valence-electron chi connectivity index (χ2n) is 9.70. The molecule has 0 bridgehead atoms. The Labute approximate surface area is 216 Å². The zero-order valence-corrected chi connectivity index (χ0v) is 21.7. The maximum atomic E-state index is 6.27. The molecule has 188 valence electrons. The number of aryl methyl sites for hydroxylation is 1. The number of rotatable bonds is 10. The average Bonchev–Trinajstić information content (AvgIpc) is 3.22. The van der Waals surface area contributed by atoms with E-state index >= 15 is 0 Å². The topological polar surface area (TPSA) is 79.6 Å². The lowest BCUT2D eigenvalue weighted by Crippen LogP contribution is -2.41. The van der Waals surface area contributed by atoms with Crippen molar-refractivity contribution in [2.24, 2.45) is 0 Å². The molecule has 0 radical (unpaired) electrons. The number of hydrogen-bond acceptors (Lipinski definition) is 7. The molecule has 36 heavy (non-hydrogen) atoms. The Bertz CT molecular complexity index is 1330. The largest absolute Gasteiger partial charge is 0.490 e. The van der Waals surface area contributed by atoms with Crippen LogP contribution in [0.5, 0.6) is 5.75 Å². The average molecular weight is 506 g/mol. The molecule has 0 saturated heterocycles. The quantitative estimate of drug-likeness (QED) is 0.302. The molecule has 0 unspecified atom stereocenters. The van der Waals surface area contributed by atoms with Crippen LogP contribution in [0.25, 0.3) is 5.78 Å². The van der Waals surface area contributed by atoms with Crippen LogP contribution < -0.4 is 15.4 Å². The van der Waals surface area contributed by atoms with Crippen molar-refractivity contribution < 1.29 is 4.74 Å². The molecule has 2 N–H and O–H groups in total. The van der Waals surface area contributed by atoms with Crippen LogP contribution >= 0.6 is 11.6 Å². The standard InChI is InChI=1S/C27H32ClN7O/c1-19-16-24(29-18-27(12-7-13-27)20-8-5-4-6-9-20)35-26(30-19)32-25(33-35)31-22-17-21(28)10-11-23(22)36-15-14-34(2)3/h4-6,8-11,16-17,29H,7,12-15,18H2,1-3H3,(H,31,33). The van der Waals surface area contributed by atoms with Gasteiger partial charge in [-0.05, 0) is 57.6 Å². The summed E-state index contributed by atoms with van der Waals surface area (Å²) < 4.78 is 7.73.